The van der Waals surface area contributed by atoms with E-state index in [1.165, 1.54) is 0 Å². The zero-order valence-corrected chi connectivity index (χ0v) is 18.4. The molecule has 29 heavy (non-hydrogen) atoms. The molecule has 0 atom stereocenters. The molecule has 0 bridgehead atoms. The van der Waals surface area contributed by atoms with Gasteiger partial charge in [0, 0.05) is 27.2 Å². The van der Waals surface area contributed by atoms with Crippen molar-refractivity contribution >= 4 is 21.9 Å². The quantitative estimate of drug-likeness (QED) is 0.744. The zero-order chi connectivity index (χ0) is 21.2. The molecule has 0 saturated carbocycles. The summed E-state index contributed by atoms with van der Waals surface area (Å²) < 4.78 is 33.8. The number of ether oxygens (including phenoxy) is 1. The van der Waals surface area contributed by atoms with Crippen LogP contribution in [0, 0.1) is 20.8 Å². The Morgan fingerprint density at radius 3 is 2.34 bits per heavy atom. The van der Waals surface area contributed by atoms with Crippen LogP contribution in [0.1, 0.15) is 22.5 Å². The largest absolute Gasteiger partial charge is 0.378 e. The Kier molecular flexibility index (Phi) is 6.35. The molecule has 1 aromatic heterocycles. The molecular formula is C19H28N6O3S. The van der Waals surface area contributed by atoms with E-state index >= 15 is 0 Å². The fourth-order valence-corrected chi connectivity index (χ4v) is 4.33. The molecule has 0 amide bonds. The number of hydrogen-bond donors (Lipinski definition) is 1. The number of hydrogen-bond acceptors (Lipinski definition) is 8. The van der Waals surface area contributed by atoms with Gasteiger partial charge < -0.3 is 14.5 Å². The van der Waals surface area contributed by atoms with E-state index in [1.54, 1.807) is 17.9 Å². The average Bonchev–Trinajstić information content (AvgIpc) is 2.69. The number of benzene rings is 1. The summed E-state index contributed by atoms with van der Waals surface area (Å²) in [5.41, 5.74) is 2.70. The van der Waals surface area contributed by atoms with E-state index in [0.29, 0.717) is 49.6 Å². The number of anilines is 2. The van der Waals surface area contributed by atoms with Gasteiger partial charge in [-0.3, -0.25) is 0 Å². The Bertz CT molecular complexity index is 988. The summed E-state index contributed by atoms with van der Waals surface area (Å²) in [4.78, 5) is 17.4. The maximum Gasteiger partial charge on any atom is 0.241 e. The van der Waals surface area contributed by atoms with Crippen LogP contribution < -0.4 is 14.5 Å². The van der Waals surface area contributed by atoms with Crippen LogP contribution in [0.2, 0.25) is 0 Å². The molecule has 0 spiro atoms. The Balaban J connectivity index is 1.85. The van der Waals surface area contributed by atoms with E-state index in [-0.39, 0.29) is 11.4 Å². The summed E-state index contributed by atoms with van der Waals surface area (Å²) in [6, 6.07) is 3.58. The second-order valence-electron chi connectivity index (χ2n) is 7.37. The molecule has 0 unspecified atom stereocenters. The normalized spacial score (nSPS) is 14.9. The van der Waals surface area contributed by atoms with Crippen LogP contribution in [0.5, 0.6) is 0 Å². The fraction of sp³-hybridized carbons (Fsp3) is 0.526. The lowest BCUT2D eigenvalue weighted by Crippen LogP contribution is -2.38. The highest BCUT2D eigenvalue weighted by molar-refractivity contribution is 7.89. The van der Waals surface area contributed by atoms with Crippen LogP contribution >= 0.6 is 0 Å². The van der Waals surface area contributed by atoms with Crippen molar-refractivity contribution < 1.29 is 13.2 Å². The molecule has 1 aliphatic heterocycles. The van der Waals surface area contributed by atoms with Gasteiger partial charge in [0.15, 0.2) is 5.82 Å². The number of aromatic nitrogens is 3. The van der Waals surface area contributed by atoms with Crippen LogP contribution in [0.15, 0.2) is 17.0 Å². The number of nitrogens with zero attached hydrogens (tertiary/aromatic N) is 5. The van der Waals surface area contributed by atoms with E-state index in [9.17, 15) is 8.42 Å². The van der Waals surface area contributed by atoms with Gasteiger partial charge in [0.05, 0.1) is 24.7 Å². The zero-order valence-electron chi connectivity index (χ0n) is 17.6. The third kappa shape index (κ3) is 5.01. The molecule has 158 valence electrons. The maximum atomic E-state index is 12.9. The van der Waals surface area contributed by atoms with E-state index in [1.807, 2.05) is 38.9 Å². The fourth-order valence-electron chi connectivity index (χ4n) is 3.04. The minimum absolute atomic E-state index is 0.0185. The highest BCUT2D eigenvalue weighted by atomic mass is 32.2. The Labute approximate surface area is 172 Å². The van der Waals surface area contributed by atoms with Crippen molar-refractivity contribution in [1.82, 2.24) is 19.7 Å². The van der Waals surface area contributed by atoms with Gasteiger partial charge in [0.25, 0.3) is 0 Å². The number of aryl methyl sites for hydroxylation is 3. The summed E-state index contributed by atoms with van der Waals surface area (Å²) >= 11 is 0. The lowest BCUT2D eigenvalue weighted by molar-refractivity contribution is 0.122. The van der Waals surface area contributed by atoms with Crippen LogP contribution in [0.3, 0.4) is 0 Å². The van der Waals surface area contributed by atoms with Gasteiger partial charge in [0.2, 0.25) is 21.9 Å². The smallest absolute Gasteiger partial charge is 0.241 e. The highest BCUT2D eigenvalue weighted by Crippen LogP contribution is 2.20. The van der Waals surface area contributed by atoms with Crippen molar-refractivity contribution in [2.75, 3.05) is 50.2 Å². The molecule has 2 heterocycles. The highest BCUT2D eigenvalue weighted by Gasteiger charge is 2.21. The third-order valence-corrected chi connectivity index (χ3v) is 6.40. The topological polar surface area (TPSA) is 101 Å². The minimum Gasteiger partial charge on any atom is -0.378 e. The van der Waals surface area contributed by atoms with Crippen molar-refractivity contribution in [3.8, 4) is 0 Å². The van der Waals surface area contributed by atoms with E-state index in [4.69, 9.17) is 4.74 Å². The average molecular weight is 421 g/mol. The molecule has 1 aliphatic rings. The SMILES string of the molecule is Cc1cc(C)c(S(=O)(=O)NCc2nc(N(C)C)nc(N3CCOCC3)n2)cc1C. The van der Waals surface area contributed by atoms with Crippen LogP contribution in [-0.2, 0) is 21.3 Å². The summed E-state index contributed by atoms with van der Waals surface area (Å²) in [7, 11) is -0.0206. The molecule has 0 radical (unpaired) electrons. The summed E-state index contributed by atoms with van der Waals surface area (Å²) in [6.07, 6.45) is 0. The monoisotopic (exact) mass is 420 g/mol. The van der Waals surface area contributed by atoms with Crippen molar-refractivity contribution in [3.05, 3.63) is 34.6 Å². The summed E-state index contributed by atoms with van der Waals surface area (Å²) in [6.45, 7) is 8.23. The minimum atomic E-state index is -3.70. The molecule has 10 heteroatoms. The Morgan fingerprint density at radius 1 is 1.03 bits per heavy atom. The second-order valence-corrected chi connectivity index (χ2v) is 9.11. The van der Waals surface area contributed by atoms with Crippen molar-refractivity contribution in [1.29, 1.82) is 0 Å². The van der Waals surface area contributed by atoms with E-state index in [2.05, 4.69) is 19.7 Å². The van der Waals surface area contributed by atoms with Gasteiger partial charge in [-0.2, -0.15) is 15.0 Å². The number of morpholine rings is 1. The van der Waals surface area contributed by atoms with E-state index < -0.39 is 10.0 Å². The van der Waals surface area contributed by atoms with Gasteiger partial charge in [-0.05, 0) is 43.5 Å². The first-order chi connectivity index (χ1) is 13.7. The number of sulfonamides is 1. The van der Waals surface area contributed by atoms with Crippen LogP contribution in [0.4, 0.5) is 11.9 Å². The maximum absolute atomic E-state index is 12.9. The van der Waals surface area contributed by atoms with Gasteiger partial charge >= 0.3 is 0 Å². The molecule has 2 aromatic rings. The van der Waals surface area contributed by atoms with Gasteiger partial charge in [0.1, 0.15) is 0 Å². The van der Waals surface area contributed by atoms with E-state index in [0.717, 1.165) is 11.1 Å². The lowest BCUT2D eigenvalue weighted by Gasteiger charge is -2.27. The molecular weight excluding hydrogens is 392 g/mol. The predicted octanol–water partition coefficient (Wildman–Crippen LogP) is 1.18. The first-order valence-electron chi connectivity index (χ1n) is 9.50. The van der Waals surface area contributed by atoms with Crippen LogP contribution in [0.25, 0.3) is 0 Å². The molecule has 0 aliphatic carbocycles. The molecule has 3 rings (SSSR count). The second kappa shape index (κ2) is 8.60. The molecule has 1 fully saturated rings. The van der Waals surface area contributed by atoms with Crippen LogP contribution in [-0.4, -0.2) is 63.8 Å². The summed E-state index contributed by atoms with van der Waals surface area (Å²) in [5, 5.41) is 0. The number of nitrogens with one attached hydrogen (secondary N) is 1. The first-order valence-corrected chi connectivity index (χ1v) is 11.0. The summed E-state index contributed by atoms with van der Waals surface area (Å²) in [5.74, 6) is 1.39. The number of rotatable bonds is 6. The van der Waals surface area contributed by atoms with Gasteiger partial charge in [-0.15, -0.1) is 0 Å². The molecule has 1 aromatic carbocycles. The first kappa shape index (κ1) is 21.4. The van der Waals surface area contributed by atoms with Gasteiger partial charge in [-0.25, -0.2) is 13.1 Å². The van der Waals surface area contributed by atoms with Gasteiger partial charge in [-0.1, -0.05) is 6.07 Å². The molecule has 1 N–H and O–H groups in total. The lowest BCUT2D eigenvalue weighted by atomic mass is 10.1. The van der Waals surface area contributed by atoms with Crippen molar-refractivity contribution in [3.63, 3.8) is 0 Å². The van der Waals surface area contributed by atoms with Crippen molar-refractivity contribution in [2.45, 2.75) is 32.2 Å². The molecule has 1 saturated heterocycles. The molecule has 9 nitrogen and oxygen atoms in total. The Morgan fingerprint density at radius 2 is 1.69 bits per heavy atom. The standard InChI is InChI=1S/C19H28N6O3S/c1-13-10-15(3)16(11-14(13)2)29(26,27)20-12-17-21-18(24(4)5)23-19(22-17)25-6-8-28-9-7-25/h10-11,20H,6-9,12H2,1-5H3. The predicted molar refractivity (Wildman–Crippen MR) is 112 cm³/mol. The third-order valence-electron chi connectivity index (χ3n) is 4.85. The van der Waals surface area contributed by atoms with Crippen molar-refractivity contribution in [2.24, 2.45) is 0 Å². The Hall–Kier alpha value is -2.30.